The Bertz CT molecular complexity index is 2230. The average molecular weight is 651 g/mol. The summed E-state index contributed by atoms with van der Waals surface area (Å²) in [6, 6.07) is 21.4. The summed E-state index contributed by atoms with van der Waals surface area (Å²) in [7, 11) is 3.09. The fourth-order valence-corrected chi connectivity index (χ4v) is 7.01. The van der Waals surface area contributed by atoms with E-state index in [2.05, 4.69) is 5.32 Å². The van der Waals surface area contributed by atoms with Gasteiger partial charge in [-0.15, -0.1) is 0 Å². The van der Waals surface area contributed by atoms with Gasteiger partial charge in [-0.1, -0.05) is 53.8 Å². The Balaban J connectivity index is 1.54. The number of rotatable bonds is 9. The van der Waals surface area contributed by atoms with E-state index in [0.29, 0.717) is 43.4 Å². The zero-order chi connectivity index (χ0) is 33.2. The van der Waals surface area contributed by atoms with Crippen LogP contribution in [0.5, 0.6) is 11.5 Å². The van der Waals surface area contributed by atoms with Crippen LogP contribution in [-0.4, -0.2) is 41.8 Å². The number of carbonyl (C=O) groups is 2. The predicted octanol–water partition coefficient (Wildman–Crippen LogP) is 4.72. The number of carbonyl (C=O) groups excluding carboxylic acids is 2. The molecule has 0 saturated heterocycles. The number of benzene rings is 3. The van der Waals surface area contributed by atoms with Crippen molar-refractivity contribution < 1.29 is 23.8 Å². The van der Waals surface area contributed by atoms with Gasteiger partial charge in [0.2, 0.25) is 0 Å². The third kappa shape index (κ3) is 5.85. The highest BCUT2D eigenvalue weighted by atomic mass is 32.1. The lowest BCUT2D eigenvalue weighted by atomic mass is 9.94. The van der Waals surface area contributed by atoms with E-state index in [4.69, 9.17) is 19.2 Å². The van der Waals surface area contributed by atoms with Crippen molar-refractivity contribution in [3.8, 4) is 11.5 Å². The Labute approximate surface area is 274 Å². The van der Waals surface area contributed by atoms with Crippen LogP contribution in [0, 0.1) is 6.92 Å². The van der Waals surface area contributed by atoms with Gasteiger partial charge in [0.1, 0.15) is 6.54 Å². The van der Waals surface area contributed by atoms with Gasteiger partial charge in [-0.3, -0.25) is 19.0 Å². The number of nitrogens with one attached hydrogen (secondary N) is 1. The van der Waals surface area contributed by atoms with Gasteiger partial charge >= 0.3 is 5.97 Å². The Kier molecular flexibility index (Phi) is 8.82. The second kappa shape index (κ2) is 13.1. The van der Waals surface area contributed by atoms with Gasteiger partial charge in [0.15, 0.2) is 16.3 Å². The molecule has 2 aromatic heterocycles. The molecule has 0 aliphatic carbocycles. The quantitative estimate of drug-likeness (QED) is 0.231. The molecule has 0 spiro atoms. The van der Waals surface area contributed by atoms with Crippen LogP contribution < -0.4 is 29.7 Å². The molecule has 1 N–H and O–H groups in total. The second-order valence-electron chi connectivity index (χ2n) is 10.9. The van der Waals surface area contributed by atoms with Gasteiger partial charge in [0.25, 0.3) is 11.5 Å². The van der Waals surface area contributed by atoms with E-state index in [9.17, 15) is 14.4 Å². The first kappa shape index (κ1) is 31.6. The summed E-state index contributed by atoms with van der Waals surface area (Å²) in [5.74, 6) is 0.280. The highest BCUT2D eigenvalue weighted by Gasteiger charge is 2.33. The third-order valence-electron chi connectivity index (χ3n) is 8.17. The molecule has 1 atom stereocenters. The molecular weight excluding hydrogens is 616 g/mol. The molecule has 47 heavy (non-hydrogen) atoms. The van der Waals surface area contributed by atoms with E-state index in [1.807, 2.05) is 66.1 Å². The molecule has 1 amide bonds. The van der Waals surface area contributed by atoms with Crippen molar-refractivity contribution in [1.29, 1.82) is 0 Å². The van der Waals surface area contributed by atoms with Crippen molar-refractivity contribution in [3.05, 3.63) is 121 Å². The maximum Gasteiger partial charge on any atom is 0.325 e. The number of methoxy groups -OCH3 is 2. The molecule has 1 aliphatic heterocycles. The molecule has 3 aromatic carbocycles. The molecule has 11 heteroatoms. The number of esters is 1. The topological polar surface area (TPSA) is 113 Å². The summed E-state index contributed by atoms with van der Waals surface area (Å²) in [5, 5.41) is 3.87. The summed E-state index contributed by atoms with van der Waals surface area (Å²) >= 11 is 1.25. The Morgan fingerprint density at radius 1 is 0.979 bits per heavy atom. The third-order valence-corrected chi connectivity index (χ3v) is 9.15. The minimum atomic E-state index is -0.803. The largest absolute Gasteiger partial charge is 0.493 e. The number of nitrogens with zero attached hydrogens (tertiary/aromatic N) is 3. The fourth-order valence-electron chi connectivity index (χ4n) is 5.98. The summed E-state index contributed by atoms with van der Waals surface area (Å²) in [5.41, 5.74) is 4.30. The minimum Gasteiger partial charge on any atom is -0.493 e. The second-order valence-corrected chi connectivity index (χ2v) is 11.9. The van der Waals surface area contributed by atoms with Gasteiger partial charge < -0.3 is 24.1 Å². The molecule has 6 rings (SSSR count). The number of fused-ring (bicyclic) bond motifs is 2. The maximum absolute atomic E-state index is 14.4. The SMILES string of the molecule is CCOC(=O)Cn1c(C)c(/C=c2\sc3n(c2=O)[C@H](c2ccc(OC)c(OC)c2)C(C(=O)Nc2ccccc2)=C(C)N=3)c2ccccc21. The number of thiazole rings is 1. The van der Waals surface area contributed by atoms with Gasteiger partial charge in [0, 0.05) is 27.8 Å². The van der Waals surface area contributed by atoms with Crippen molar-refractivity contribution in [2.75, 3.05) is 26.1 Å². The molecule has 0 bridgehead atoms. The van der Waals surface area contributed by atoms with Gasteiger partial charge in [-0.05, 0) is 62.7 Å². The summed E-state index contributed by atoms with van der Waals surface area (Å²) < 4.78 is 20.2. The van der Waals surface area contributed by atoms with Crippen LogP contribution in [0.25, 0.3) is 17.0 Å². The monoisotopic (exact) mass is 650 g/mol. The van der Waals surface area contributed by atoms with Crippen molar-refractivity contribution >= 4 is 45.9 Å². The molecule has 0 saturated carbocycles. The molecule has 3 heterocycles. The van der Waals surface area contributed by atoms with Crippen molar-refractivity contribution in [2.45, 2.75) is 33.4 Å². The molecule has 0 fully saturated rings. The van der Waals surface area contributed by atoms with E-state index in [0.717, 1.165) is 22.2 Å². The number of allylic oxidation sites excluding steroid dienone is 1. The highest BCUT2D eigenvalue weighted by Crippen LogP contribution is 2.36. The van der Waals surface area contributed by atoms with Crippen molar-refractivity contribution in [2.24, 2.45) is 4.99 Å². The van der Waals surface area contributed by atoms with Crippen LogP contribution in [0.2, 0.25) is 0 Å². The lowest BCUT2D eigenvalue weighted by molar-refractivity contribution is -0.143. The predicted molar refractivity (Wildman–Crippen MR) is 182 cm³/mol. The van der Waals surface area contributed by atoms with Crippen LogP contribution in [0.3, 0.4) is 0 Å². The number of aromatic nitrogens is 2. The first-order chi connectivity index (χ1) is 22.7. The normalized spacial score (nSPS) is 14.5. The van der Waals surface area contributed by atoms with Crippen LogP contribution >= 0.6 is 11.3 Å². The molecule has 1 aliphatic rings. The molecule has 5 aromatic rings. The molecule has 10 nitrogen and oxygen atoms in total. The van der Waals surface area contributed by atoms with Gasteiger partial charge in [-0.2, -0.15) is 0 Å². The van der Waals surface area contributed by atoms with E-state index in [1.165, 1.54) is 18.4 Å². The number of hydrogen-bond donors (Lipinski definition) is 1. The summed E-state index contributed by atoms with van der Waals surface area (Å²) in [4.78, 5) is 46.1. The molecule has 240 valence electrons. The van der Waals surface area contributed by atoms with Crippen LogP contribution in [0.1, 0.15) is 36.7 Å². The fraction of sp³-hybridized carbons (Fsp3) is 0.222. The number of amides is 1. The van der Waals surface area contributed by atoms with Crippen molar-refractivity contribution in [1.82, 2.24) is 9.13 Å². The Morgan fingerprint density at radius 3 is 2.43 bits per heavy atom. The van der Waals surface area contributed by atoms with E-state index < -0.39 is 6.04 Å². The number of ether oxygens (including phenoxy) is 3. The number of hydrogen-bond acceptors (Lipinski definition) is 8. The molecular formula is C36H34N4O6S. The lowest BCUT2D eigenvalue weighted by Gasteiger charge is -2.26. The Morgan fingerprint density at radius 2 is 1.70 bits per heavy atom. The van der Waals surface area contributed by atoms with Crippen molar-refractivity contribution in [3.63, 3.8) is 0 Å². The Hall–Kier alpha value is -5.42. The lowest BCUT2D eigenvalue weighted by Crippen LogP contribution is -2.40. The van der Waals surface area contributed by atoms with Crippen LogP contribution in [-0.2, 0) is 20.9 Å². The van der Waals surface area contributed by atoms with Gasteiger partial charge in [-0.25, -0.2) is 4.99 Å². The number of anilines is 1. The highest BCUT2D eigenvalue weighted by molar-refractivity contribution is 7.07. The zero-order valence-corrected chi connectivity index (χ0v) is 27.5. The first-order valence-electron chi connectivity index (χ1n) is 15.1. The van der Waals surface area contributed by atoms with E-state index >= 15 is 0 Å². The maximum atomic E-state index is 14.4. The smallest absolute Gasteiger partial charge is 0.325 e. The first-order valence-corrected chi connectivity index (χ1v) is 15.9. The molecule has 0 radical (unpaired) electrons. The van der Waals surface area contributed by atoms with E-state index in [1.54, 1.807) is 49.8 Å². The minimum absolute atomic E-state index is 0.0493. The molecule has 0 unspecified atom stereocenters. The average Bonchev–Trinajstić information content (AvgIpc) is 3.52. The summed E-state index contributed by atoms with van der Waals surface area (Å²) in [6.07, 6.45) is 1.85. The number of para-hydroxylation sites is 2. The zero-order valence-electron chi connectivity index (χ0n) is 26.7. The van der Waals surface area contributed by atoms with E-state index in [-0.39, 0.29) is 30.6 Å². The standard InChI is InChI=1S/C36H34N4O6S/c1-6-46-31(41)20-39-22(3)26(25-14-10-11-15-27(25)39)19-30-35(43)40-33(23-16-17-28(44-4)29(18-23)45-5)32(21(2)37-36(40)47-30)34(42)38-24-12-8-7-9-13-24/h7-19,33H,6,20H2,1-5H3,(H,38,42)/b30-19-/t33-/m1/s1. The van der Waals surface area contributed by atoms with Crippen LogP contribution in [0.15, 0.2) is 93.9 Å². The van der Waals surface area contributed by atoms with Crippen LogP contribution in [0.4, 0.5) is 5.69 Å². The van der Waals surface area contributed by atoms with Gasteiger partial charge in [0.05, 0.1) is 42.7 Å². The summed E-state index contributed by atoms with van der Waals surface area (Å²) in [6.45, 7) is 5.81.